The van der Waals surface area contributed by atoms with Crippen LogP contribution in [-0.2, 0) is 4.79 Å². The van der Waals surface area contributed by atoms with Crippen molar-refractivity contribution in [2.75, 3.05) is 13.7 Å². The standard InChI is InChI=1S/C21H20ClNO4/c1-13-9-21(25)27-18-11-19(17(22)10-16(13)18)26-12-20(24)23(3)14(2)15-7-5-4-6-8-15/h4-11,14H,12H2,1-3H3/t14-/m1/s1. The van der Waals surface area contributed by atoms with Crippen LogP contribution in [0.15, 0.2) is 57.7 Å². The number of hydrogen-bond donors (Lipinski definition) is 0. The maximum absolute atomic E-state index is 12.5. The average Bonchev–Trinajstić information content (AvgIpc) is 2.66. The van der Waals surface area contributed by atoms with E-state index in [0.717, 1.165) is 16.5 Å². The lowest BCUT2D eigenvalue weighted by Crippen LogP contribution is -2.33. The van der Waals surface area contributed by atoms with Crippen LogP contribution < -0.4 is 10.4 Å². The number of rotatable bonds is 5. The van der Waals surface area contributed by atoms with Gasteiger partial charge in [0.15, 0.2) is 6.61 Å². The lowest BCUT2D eigenvalue weighted by Gasteiger charge is -2.25. The molecule has 1 atom stereocenters. The molecule has 140 valence electrons. The number of likely N-dealkylation sites (N-methyl/N-ethyl adjacent to an activating group) is 1. The minimum absolute atomic E-state index is 0.0879. The Morgan fingerprint density at radius 2 is 1.93 bits per heavy atom. The molecule has 6 heteroatoms. The van der Waals surface area contributed by atoms with Gasteiger partial charge in [0, 0.05) is 24.6 Å². The minimum atomic E-state index is -0.444. The minimum Gasteiger partial charge on any atom is -0.482 e. The van der Waals surface area contributed by atoms with E-state index in [2.05, 4.69) is 0 Å². The normalized spacial score (nSPS) is 12.0. The van der Waals surface area contributed by atoms with E-state index in [9.17, 15) is 9.59 Å². The van der Waals surface area contributed by atoms with E-state index in [-0.39, 0.29) is 18.6 Å². The highest BCUT2D eigenvalue weighted by molar-refractivity contribution is 6.32. The van der Waals surface area contributed by atoms with Crippen LogP contribution in [0, 0.1) is 6.92 Å². The van der Waals surface area contributed by atoms with E-state index in [1.165, 1.54) is 6.07 Å². The van der Waals surface area contributed by atoms with E-state index < -0.39 is 5.63 Å². The molecule has 0 aliphatic rings. The van der Waals surface area contributed by atoms with Crippen molar-refractivity contribution >= 4 is 28.5 Å². The summed E-state index contributed by atoms with van der Waals surface area (Å²) in [5, 5.41) is 1.08. The van der Waals surface area contributed by atoms with E-state index in [4.69, 9.17) is 20.8 Å². The zero-order chi connectivity index (χ0) is 19.6. The predicted octanol–water partition coefficient (Wildman–Crippen LogP) is 4.35. The number of amides is 1. The molecule has 0 aliphatic heterocycles. The molecule has 1 amide bonds. The monoisotopic (exact) mass is 385 g/mol. The van der Waals surface area contributed by atoms with Crippen molar-refractivity contribution in [2.24, 2.45) is 0 Å². The van der Waals surface area contributed by atoms with Crippen molar-refractivity contribution < 1.29 is 13.9 Å². The highest BCUT2D eigenvalue weighted by Crippen LogP contribution is 2.31. The Kier molecular flexibility index (Phi) is 5.51. The van der Waals surface area contributed by atoms with Crippen LogP contribution in [0.25, 0.3) is 11.0 Å². The van der Waals surface area contributed by atoms with E-state index >= 15 is 0 Å². The highest BCUT2D eigenvalue weighted by Gasteiger charge is 2.18. The summed E-state index contributed by atoms with van der Waals surface area (Å²) in [6, 6.07) is 14.3. The number of nitrogens with zero attached hydrogens (tertiary/aromatic N) is 1. The molecule has 1 aromatic heterocycles. The maximum Gasteiger partial charge on any atom is 0.336 e. The Balaban J connectivity index is 1.75. The predicted molar refractivity (Wildman–Crippen MR) is 105 cm³/mol. The summed E-state index contributed by atoms with van der Waals surface area (Å²) in [5.41, 5.74) is 1.73. The number of hydrogen-bond acceptors (Lipinski definition) is 4. The largest absolute Gasteiger partial charge is 0.482 e. The number of fused-ring (bicyclic) bond motifs is 1. The van der Waals surface area contributed by atoms with Gasteiger partial charge in [0.1, 0.15) is 11.3 Å². The molecule has 0 saturated heterocycles. The van der Waals surface area contributed by atoms with Crippen molar-refractivity contribution in [2.45, 2.75) is 19.9 Å². The second-order valence-electron chi connectivity index (χ2n) is 6.41. The molecular weight excluding hydrogens is 366 g/mol. The second kappa shape index (κ2) is 7.84. The third kappa shape index (κ3) is 4.14. The fourth-order valence-corrected chi connectivity index (χ4v) is 3.06. The molecular formula is C21H20ClNO4. The van der Waals surface area contributed by atoms with Gasteiger partial charge in [-0.2, -0.15) is 0 Å². The van der Waals surface area contributed by atoms with Gasteiger partial charge in [-0.15, -0.1) is 0 Å². The van der Waals surface area contributed by atoms with Gasteiger partial charge in [0.25, 0.3) is 5.91 Å². The zero-order valence-electron chi connectivity index (χ0n) is 15.4. The summed E-state index contributed by atoms with van der Waals surface area (Å²) in [5.74, 6) is 0.111. The molecule has 0 N–H and O–H groups in total. The molecule has 0 radical (unpaired) electrons. The van der Waals surface area contributed by atoms with Crippen molar-refractivity contribution in [3.8, 4) is 5.75 Å². The smallest absolute Gasteiger partial charge is 0.336 e. The Bertz CT molecular complexity index is 1030. The molecule has 0 unspecified atom stereocenters. The molecule has 0 fully saturated rings. The van der Waals surface area contributed by atoms with Gasteiger partial charge in [-0.3, -0.25) is 4.79 Å². The molecule has 5 nitrogen and oxygen atoms in total. The van der Waals surface area contributed by atoms with Crippen LogP contribution in [0.4, 0.5) is 0 Å². The second-order valence-corrected chi connectivity index (χ2v) is 6.81. The SMILES string of the molecule is Cc1cc(=O)oc2cc(OCC(=O)N(C)[C@H](C)c3ccccc3)c(Cl)cc12. The molecule has 3 rings (SSSR count). The summed E-state index contributed by atoms with van der Waals surface area (Å²) in [7, 11) is 1.73. The first-order valence-electron chi connectivity index (χ1n) is 8.54. The summed E-state index contributed by atoms with van der Waals surface area (Å²) in [4.78, 5) is 25.7. The molecule has 27 heavy (non-hydrogen) atoms. The van der Waals surface area contributed by atoms with Crippen molar-refractivity contribution in [3.63, 3.8) is 0 Å². The van der Waals surface area contributed by atoms with Gasteiger partial charge in [-0.1, -0.05) is 41.9 Å². The Hall–Kier alpha value is -2.79. The molecule has 2 aromatic carbocycles. The molecule has 0 aliphatic carbocycles. The first-order valence-corrected chi connectivity index (χ1v) is 8.92. The van der Waals surface area contributed by atoms with Gasteiger partial charge in [-0.05, 0) is 31.0 Å². The van der Waals surface area contributed by atoms with Crippen LogP contribution in [0.3, 0.4) is 0 Å². The third-order valence-corrected chi connectivity index (χ3v) is 4.91. The lowest BCUT2D eigenvalue weighted by atomic mass is 10.1. The summed E-state index contributed by atoms with van der Waals surface area (Å²) in [6.07, 6.45) is 0. The summed E-state index contributed by atoms with van der Waals surface area (Å²) < 4.78 is 10.8. The summed E-state index contributed by atoms with van der Waals surface area (Å²) >= 11 is 6.27. The van der Waals surface area contributed by atoms with Crippen molar-refractivity contribution in [1.82, 2.24) is 4.90 Å². The van der Waals surface area contributed by atoms with E-state index in [1.54, 1.807) is 31.0 Å². The maximum atomic E-state index is 12.5. The first kappa shape index (κ1) is 19.0. The van der Waals surface area contributed by atoms with Crippen LogP contribution >= 0.6 is 11.6 Å². The van der Waals surface area contributed by atoms with Crippen LogP contribution in [0.2, 0.25) is 5.02 Å². The number of benzene rings is 2. The van der Waals surface area contributed by atoms with Crippen molar-refractivity contribution in [1.29, 1.82) is 0 Å². The quantitative estimate of drug-likeness (QED) is 0.612. The molecule has 0 saturated carbocycles. The molecule has 0 spiro atoms. The molecule has 3 aromatic rings. The Morgan fingerprint density at radius 1 is 1.22 bits per heavy atom. The highest BCUT2D eigenvalue weighted by atomic mass is 35.5. The first-order chi connectivity index (χ1) is 12.9. The molecule has 0 bridgehead atoms. The van der Waals surface area contributed by atoms with Crippen LogP contribution in [0.5, 0.6) is 5.75 Å². The van der Waals surface area contributed by atoms with Crippen molar-refractivity contribution in [3.05, 3.63) is 75.1 Å². The average molecular weight is 386 g/mol. The van der Waals surface area contributed by atoms with Gasteiger partial charge in [0.05, 0.1) is 11.1 Å². The summed E-state index contributed by atoms with van der Waals surface area (Å²) in [6.45, 7) is 3.59. The topological polar surface area (TPSA) is 59.8 Å². The zero-order valence-corrected chi connectivity index (χ0v) is 16.1. The number of carbonyl (C=O) groups is 1. The van der Waals surface area contributed by atoms with Crippen LogP contribution in [-0.4, -0.2) is 24.5 Å². The fourth-order valence-electron chi connectivity index (χ4n) is 2.84. The number of ether oxygens (including phenoxy) is 1. The Morgan fingerprint density at radius 3 is 2.63 bits per heavy atom. The number of aryl methyl sites for hydroxylation is 1. The lowest BCUT2D eigenvalue weighted by molar-refractivity contribution is -0.134. The molecule has 1 heterocycles. The number of carbonyl (C=O) groups excluding carboxylic acids is 1. The Labute approximate surface area is 162 Å². The van der Waals surface area contributed by atoms with E-state index in [0.29, 0.717) is 16.4 Å². The van der Waals surface area contributed by atoms with Gasteiger partial charge in [-0.25, -0.2) is 4.79 Å². The van der Waals surface area contributed by atoms with Gasteiger partial charge < -0.3 is 14.1 Å². The van der Waals surface area contributed by atoms with Gasteiger partial charge in [0.2, 0.25) is 0 Å². The number of halogens is 1. The van der Waals surface area contributed by atoms with E-state index in [1.807, 2.05) is 37.3 Å². The van der Waals surface area contributed by atoms with Gasteiger partial charge >= 0.3 is 5.63 Å². The third-order valence-electron chi connectivity index (χ3n) is 4.61. The van der Waals surface area contributed by atoms with Crippen LogP contribution in [0.1, 0.15) is 24.1 Å². The fraction of sp³-hybridized carbons (Fsp3) is 0.238.